The van der Waals surface area contributed by atoms with Gasteiger partial charge in [-0.1, -0.05) is 6.92 Å². The summed E-state index contributed by atoms with van der Waals surface area (Å²) in [7, 11) is -2.82. The maximum Gasteiger partial charge on any atom is 0.150 e. The number of piperazine rings is 1. The lowest BCUT2D eigenvalue weighted by atomic mass is 10.2. The van der Waals surface area contributed by atoms with Gasteiger partial charge in [0.1, 0.15) is 9.84 Å². The number of nitrogens with one attached hydrogen (secondary N) is 1. The molecule has 1 rings (SSSR count). The Kier molecular flexibility index (Phi) is 5.68. The third-order valence-corrected chi connectivity index (χ3v) is 4.88. The van der Waals surface area contributed by atoms with Gasteiger partial charge in [0.05, 0.1) is 5.75 Å². The van der Waals surface area contributed by atoms with Gasteiger partial charge in [-0.25, -0.2) is 8.42 Å². The molecule has 1 aliphatic heterocycles. The molecule has 0 aromatic heterocycles. The quantitative estimate of drug-likeness (QED) is 0.634. The summed E-state index contributed by atoms with van der Waals surface area (Å²) in [4.78, 5) is 2.29. The molecule has 6 heteroatoms. The molecule has 1 saturated heterocycles. The molecule has 1 heterocycles. The predicted molar refractivity (Wildman–Crippen MR) is 66.2 cm³/mol. The fourth-order valence-corrected chi connectivity index (χ4v) is 2.82. The molecule has 96 valence electrons. The summed E-state index contributed by atoms with van der Waals surface area (Å²) < 4.78 is 22.7. The SMILES string of the molecule is CCS(=O)(=O)CCCN1CCNCC1CN. The van der Waals surface area contributed by atoms with Crippen molar-refractivity contribution in [1.82, 2.24) is 10.2 Å². The Hall–Kier alpha value is -0.170. The van der Waals surface area contributed by atoms with E-state index in [1.807, 2.05) is 0 Å². The van der Waals surface area contributed by atoms with Crippen LogP contribution in [0.2, 0.25) is 0 Å². The summed E-state index contributed by atoms with van der Waals surface area (Å²) in [6.07, 6.45) is 0.715. The largest absolute Gasteiger partial charge is 0.329 e. The molecule has 0 aliphatic carbocycles. The molecule has 3 N–H and O–H groups in total. The number of sulfone groups is 1. The molecule has 1 unspecified atom stereocenters. The van der Waals surface area contributed by atoms with Crippen LogP contribution < -0.4 is 11.1 Å². The minimum Gasteiger partial charge on any atom is -0.329 e. The number of hydrogen-bond donors (Lipinski definition) is 2. The first-order valence-corrected chi connectivity index (χ1v) is 7.76. The number of hydrogen-bond acceptors (Lipinski definition) is 5. The van der Waals surface area contributed by atoms with Crippen LogP contribution in [0.1, 0.15) is 13.3 Å². The van der Waals surface area contributed by atoms with Gasteiger partial charge in [-0.2, -0.15) is 0 Å². The summed E-state index contributed by atoms with van der Waals surface area (Å²) in [5.41, 5.74) is 5.68. The van der Waals surface area contributed by atoms with Crippen LogP contribution in [0.25, 0.3) is 0 Å². The highest BCUT2D eigenvalue weighted by Gasteiger charge is 2.20. The second kappa shape index (κ2) is 6.54. The Balaban J connectivity index is 2.30. The Morgan fingerprint density at radius 1 is 1.50 bits per heavy atom. The average Bonchev–Trinajstić information content (AvgIpc) is 2.29. The van der Waals surface area contributed by atoms with Crippen molar-refractivity contribution < 1.29 is 8.42 Å². The second-order valence-corrected chi connectivity index (χ2v) is 6.69. The van der Waals surface area contributed by atoms with E-state index in [4.69, 9.17) is 5.73 Å². The molecule has 0 radical (unpaired) electrons. The van der Waals surface area contributed by atoms with E-state index in [1.165, 1.54) is 0 Å². The van der Waals surface area contributed by atoms with E-state index >= 15 is 0 Å². The van der Waals surface area contributed by atoms with Crippen molar-refractivity contribution in [3.05, 3.63) is 0 Å². The summed E-state index contributed by atoms with van der Waals surface area (Å²) in [6.45, 7) is 6.02. The zero-order chi connectivity index (χ0) is 12.0. The summed E-state index contributed by atoms with van der Waals surface area (Å²) in [5, 5.41) is 3.29. The van der Waals surface area contributed by atoms with Crippen molar-refractivity contribution in [2.45, 2.75) is 19.4 Å². The highest BCUT2D eigenvalue weighted by atomic mass is 32.2. The molecule has 5 nitrogen and oxygen atoms in total. The van der Waals surface area contributed by atoms with E-state index in [0.717, 1.165) is 26.2 Å². The standard InChI is InChI=1S/C10H23N3O2S/c1-2-16(14,15)7-3-5-13-6-4-12-9-10(13)8-11/h10,12H,2-9,11H2,1H3. The van der Waals surface area contributed by atoms with Crippen LogP contribution in [0.4, 0.5) is 0 Å². The lowest BCUT2D eigenvalue weighted by molar-refractivity contribution is 0.166. The number of nitrogens with two attached hydrogens (primary N) is 1. The molecule has 0 amide bonds. The third-order valence-electron chi connectivity index (χ3n) is 3.08. The van der Waals surface area contributed by atoms with Gasteiger partial charge in [-0.05, 0) is 13.0 Å². The molecule has 0 aromatic rings. The molecular formula is C10H23N3O2S. The lowest BCUT2D eigenvalue weighted by Crippen LogP contribution is -2.54. The molecule has 1 atom stereocenters. The average molecular weight is 249 g/mol. The van der Waals surface area contributed by atoms with E-state index in [-0.39, 0.29) is 5.75 Å². The van der Waals surface area contributed by atoms with Crippen molar-refractivity contribution >= 4 is 9.84 Å². The van der Waals surface area contributed by atoms with Gasteiger partial charge in [0.25, 0.3) is 0 Å². The summed E-state index contributed by atoms with van der Waals surface area (Å²) >= 11 is 0. The van der Waals surface area contributed by atoms with Gasteiger partial charge < -0.3 is 11.1 Å². The third kappa shape index (κ3) is 4.37. The van der Waals surface area contributed by atoms with E-state index in [1.54, 1.807) is 6.92 Å². The molecule has 1 aliphatic rings. The van der Waals surface area contributed by atoms with Crippen molar-refractivity contribution in [1.29, 1.82) is 0 Å². The number of rotatable bonds is 6. The van der Waals surface area contributed by atoms with Crippen LogP contribution in [0, 0.1) is 0 Å². The molecule has 0 saturated carbocycles. The Morgan fingerprint density at radius 3 is 2.88 bits per heavy atom. The Labute approximate surface area is 98.3 Å². The van der Waals surface area contributed by atoms with Crippen LogP contribution in [0.3, 0.4) is 0 Å². The Bertz CT molecular complexity index is 292. The minimum absolute atomic E-state index is 0.245. The molecule has 16 heavy (non-hydrogen) atoms. The number of nitrogens with zero attached hydrogens (tertiary/aromatic N) is 1. The van der Waals surface area contributed by atoms with Crippen LogP contribution in [-0.2, 0) is 9.84 Å². The van der Waals surface area contributed by atoms with Crippen molar-refractivity contribution in [3.8, 4) is 0 Å². The van der Waals surface area contributed by atoms with Crippen LogP contribution in [0.5, 0.6) is 0 Å². The second-order valence-electron chi connectivity index (χ2n) is 4.22. The van der Waals surface area contributed by atoms with E-state index in [0.29, 0.717) is 24.8 Å². The highest BCUT2D eigenvalue weighted by Crippen LogP contribution is 2.04. The van der Waals surface area contributed by atoms with Gasteiger partial charge in [0.2, 0.25) is 0 Å². The van der Waals surface area contributed by atoms with E-state index in [9.17, 15) is 8.42 Å². The molecule has 0 bridgehead atoms. The monoisotopic (exact) mass is 249 g/mol. The van der Waals surface area contributed by atoms with Crippen LogP contribution >= 0.6 is 0 Å². The maximum atomic E-state index is 11.3. The molecular weight excluding hydrogens is 226 g/mol. The smallest absolute Gasteiger partial charge is 0.150 e. The molecule has 0 aromatic carbocycles. The van der Waals surface area contributed by atoms with Crippen molar-refractivity contribution in [3.63, 3.8) is 0 Å². The molecule has 0 spiro atoms. The van der Waals surface area contributed by atoms with Crippen LogP contribution in [-0.4, -0.2) is 63.6 Å². The van der Waals surface area contributed by atoms with E-state index < -0.39 is 9.84 Å². The first-order chi connectivity index (χ1) is 7.59. The van der Waals surface area contributed by atoms with Gasteiger partial charge in [0, 0.05) is 38.0 Å². The maximum absolute atomic E-state index is 11.3. The zero-order valence-corrected chi connectivity index (χ0v) is 10.8. The van der Waals surface area contributed by atoms with E-state index in [2.05, 4.69) is 10.2 Å². The van der Waals surface area contributed by atoms with Crippen molar-refractivity contribution in [2.24, 2.45) is 5.73 Å². The summed E-state index contributed by atoms with van der Waals surface area (Å²) in [5.74, 6) is 0.541. The fourth-order valence-electron chi connectivity index (χ4n) is 1.96. The highest BCUT2D eigenvalue weighted by molar-refractivity contribution is 7.91. The van der Waals surface area contributed by atoms with Gasteiger partial charge >= 0.3 is 0 Å². The fraction of sp³-hybridized carbons (Fsp3) is 1.00. The topological polar surface area (TPSA) is 75.4 Å². The first kappa shape index (κ1) is 13.9. The Morgan fingerprint density at radius 2 is 2.25 bits per heavy atom. The normalized spacial score (nSPS) is 23.5. The lowest BCUT2D eigenvalue weighted by Gasteiger charge is -2.35. The summed E-state index contributed by atoms with van der Waals surface area (Å²) in [6, 6.07) is 0.359. The van der Waals surface area contributed by atoms with Gasteiger partial charge in [-0.3, -0.25) is 4.90 Å². The van der Waals surface area contributed by atoms with Gasteiger partial charge in [0.15, 0.2) is 0 Å². The zero-order valence-electron chi connectivity index (χ0n) is 9.98. The first-order valence-electron chi connectivity index (χ1n) is 5.94. The molecule has 1 fully saturated rings. The van der Waals surface area contributed by atoms with Gasteiger partial charge in [-0.15, -0.1) is 0 Å². The predicted octanol–water partition coefficient (Wildman–Crippen LogP) is -0.956. The van der Waals surface area contributed by atoms with Crippen molar-refractivity contribution in [2.75, 3.05) is 44.2 Å². The minimum atomic E-state index is -2.82. The van der Waals surface area contributed by atoms with Crippen LogP contribution in [0.15, 0.2) is 0 Å².